The molecule has 0 saturated carbocycles. The molecule has 1 aromatic carbocycles. The summed E-state index contributed by atoms with van der Waals surface area (Å²) in [6.07, 6.45) is 0.673. The number of benzene rings is 1. The van der Waals surface area contributed by atoms with Crippen LogP contribution in [-0.4, -0.2) is 55.2 Å². The van der Waals surface area contributed by atoms with Gasteiger partial charge in [-0.3, -0.25) is 9.59 Å². The van der Waals surface area contributed by atoms with Crippen LogP contribution in [0.4, 0.5) is 4.79 Å². The zero-order valence-electron chi connectivity index (χ0n) is 17.1. The number of methoxy groups -OCH3 is 1. The van der Waals surface area contributed by atoms with Gasteiger partial charge in [0, 0.05) is 26.1 Å². The summed E-state index contributed by atoms with van der Waals surface area (Å²) < 4.78 is 10.2. The molecule has 1 heterocycles. The third-order valence-electron chi connectivity index (χ3n) is 4.88. The number of amides is 2. The summed E-state index contributed by atoms with van der Waals surface area (Å²) in [5.41, 5.74) is -0.377. The van der Waals surface area contributed by atoms with E-state index in [1.165, 1.54) is 7.11 Å². The van der Waals surface area contributed by atoms with Gasteiger partial charge in [-0.2, -0.15) is 0 Å². The van der Waals surface area contributed by atoms with Gasteiger partial charge < -0.3 is 19.7 Å². The standard InChI is InChI=1S/C21H30N2O5/c1-20(2,3)28-19(26)22-13-10-17(24)23-14-11-21(12-15-23,18(25)27-4)16-8-6-5-7-9-16/h5-9H,10-15H2,1-4H3,(H,22,26). The van der Waals surface area contributed by atoms with Gasteiger partial charge in [0.1, 0.15) is 5.60 Å². The van der Waals surface area contributed by atoms with Gasteiger partial charge in [-0.25, -0.2) is 4.79 Å². The van der Waals surface area contributed by atoms with Crippen molar-refractivity contribution in [3.05, 3.63) is 35.9 Å². The minimum Gasteiger partial charge on any atom is -0.468 e. The van der Waals surface area contributed by atoms with E-state index in [0.717, 1.165) is 5.56 Å². The predicted molar refractivity (Wildman–Crippen MR) is 105 cm³/mol. The average Bonchev–Trinajstić information content (AvgIpc) is 2.66. The van der Waals surface area contributed by atoms with E-state index in [9.17, 15) is 14.4 Å². The zero-order valence-corrected chi connectivity index (χ0v) is 17.1. The van der Waals surface area contributed by atoms with Crippen molar-refractivity contribution < 1.29 is 23.9 Å². The van der Waals surface area contributed by atoms with Crippen LogP contribution in [0.1, 0.15) is 45.6 Å². The van der Waals surface area contributed by atoms with Gasteiger partial charge in [0.2, 0.25) is 5.91 Å². The first kappa shape index (κ1) is 21.7. The number of ether oxygens (including phenoxy) is 2. The molecule has 1 aliphatic heterocycles. The Balaban J connectivity index is 1.90. The molecule has 0 aromatic heterocycles. The van der Waals surface area contributed by atoms with Crippen LogP contribution in [0, 0.1) is 0 Å². The smallest absolute Gasteiger partial charge is 0.407 e. The lowest BCUT2D eigenvalue weighted by molar-refractivity contribution is -0.151. The van der Waals surface area contributed by atoms with Gasteiger partial charge in [0.15, 0.2) is 0 Å². The third kappa shape index (κ3) is 5.47. The highest BCUT2D eigenvalue weighted by atomic mass is 16.6. The molecule has 0 unspecified atom stereocenters. The van der Waals surface area contributed by atoms with E-state index in [0.29, 0.717) is 25.9 Å². The molecule has 0 aliphatic carbocycles. The number of alkyl carbamates (subject to hydrolysis) is 1. The molecule has 1 aliphatic rings. The molecular weight excluding hydrogens is 360 g/mol. The Morgan fingerprint density at radius 2 is 1.71 bits per heavy atom. The number of hydrogen-bond acceptors (Lipinski definition) is 5. The predicted octanol–water partition coefficient (Wildman–Crippen LogP) is 2.63. The van der Waals surface area contributed by atoms with Crippen molar-refractivity contribution in [1.29, 1.82) is 0 Å². The Morgan fingerprint density at radius 1 is 1.11 bits per heavy atom. The monoisotopic (exact) mass is 390 g/mol. The van der Waals surface area contributed by atoms with Crippen LogP contribution in [0.5, 0.6) is 0 Å². The van der Waals surface area contributed by atoms with Gasteiger partial charge in [-0.15, -0.1) is 0 Å². The highest BCUT2D eigenvalue weighted by Crippen LogP contribution is 2.36. The first-order valence-corrected chi connectivity index (χ1v) is 9.56. The number of likely N-dealkylation sites (tertiary alicyclic amines) is 1. The van der Waals surface area contributed by atoms with Crippen molar-refractivity contribution >= 4 is 18.0 Å². The number of nitrogens with zero attached hydrogens (tertiary/aromatic N) is 1. The molecule has 0 atom stereocenters. The van der Waals surface area contributed by atoms with E-state index < -0.39 is 17.1 Å². The van der Waals surface area contributed by atoms with Gasteiger partial charge in [0.25, 0.3) is 0 Å². The molecule has 1 saturated heterocycles. The summed E-state index contributed by atoms with van der Waals surface area (Å²) in [6, 6.07) is 9.57. The second kappa shape index (κ2) is 9.08. The lowest BCUT2D eigenvalue weighted by Gasteiger charge is -2.40. The van der Waals surface area contributed by atoms with E-state index >= 15 is 0 Å². The van der Waals surface area contributed by atoms with E-state index in [-0.39, 0.29) is 24.8 Å². The maximum absolute atomic E-state index is 12.5. The third-order valence-corrected chi connectivity index (χ3v) is 4.88. The molecule has 0 radical (unpaired) electrons. The minimum atomic E-state index is -0.721. The van der Waals surface area contributed by atoms with Gasteiger partial charge in [-0.05, 0) is 39.2 Å². The molecule has 7 nitrogen and oxygen atoms in total. The highest BCUT2D eigenvalue weighted by molar-refractivity contribution is 5.84. The zero-order chi connectivity index (χ0) is 20.8. The van der Waals surface area contributed by atoms with E-state index in [1.807, 2.05) is 30.3 Å². The number of esters is 1. The molecule has 0 bridgehead atoms. The number of rotatable bonds is 5. The highest BCUT2D eigenvalue weighted by Gasteiger charge is 2.44. The SMILES string of the molecule is COC(=O)C1(c2ccccc2)CCN(C(=O)CCNC(=O)OC(C)(C)C)CC1. The van der Waals surface area contributed by atoms with Crippen molar-refractivity contribution in [1.82, 2.24) is 10.2 Å². The maximum Gasteiger partial charge on any atom is 0.407 e. The van der Waals surface area contributed by atoms with Crippen molar-refractivity contribution in [2.24, 2.45) is 0 Å². The van der Waals surface area contributed by atoms with Crippen LogP contribution >= 0.6 is 0 Å². The van der Waals surface area contributed by atoms with Crippen molar-refractivity contribution in [2.45, 2.75) is 51.0 Å². The fourth-order valence-electron chi connectivity index (χ4n) is 3.44. The lowest BCUT2D eigenvalue weighted by atomic mass is 9.72. The molecule has 2 rings (SSSR count). The molecular formula is C21H30N2O5. The normalized spacial score (nSPS) is 16.2. The Bertz CT molecular complexity index is 688. The molecule has 1 N–H and O–H groups in total. The fraction of sp³-hybridized carbons (Fsp3) is 0.571. The Morgan fingerprint density at radius 3 is 2.25 bits per heavy atom. The summed E-state index contributed by atoms with van der Waals surface area (Å²) in [5, 5.41) is 2.60. The molecule has 7 heteroatoms. The van der Waals surface area contributed by atoms with Crippen LogP contribution in [-0.2, 0) is 24.5 Å². The second-order valence-corrected chi connectivity index (χ2v) is 8.00. The fourth-order valence-corrected chi connectivity index (χ4v) is 3.44. The quantitative estimate of drug-likeness (QED) is 0.782. The first-order chi connectivity index (χ1) is 13.2. The van der Waals surface area contributed by atoms with Gasteiger partial charge in [-0.1, -0.05) is 30.3 Å². The van der Waals surface area contributed by atoms with Crippen LogP contribution in [0.25, 0.3) is 0 Å². The van der Waals surface area contributed by atoms with Crippen molar-refractivity contribution in [3.8, 4) is 0 Å². The number of carbonyl (C=O) groups excluding carboxylic acids is 3. The van der Waals surface area contributed by atoms with Crippen LogP contribution in [0.3, 0.4) is 0 Å². The summed E-state index contributed by atoms with van der Waals surface area (Å²) in [7, 11) is 1.40. The van der Waals surface area contributed by atoms with Crippen molar-refractivity contribution in [3.63, 3.8) is 0 Å². The maximum atomic E-state index is 12.5. The molecule has 154 valence electrons. The Labute approximate surface area is 166 Å². The largest absolute Gasteiger partial charge is 0.468 e. The Hall–Kier alpha value is -2.57. The number of piperidine rings is 1. The van der Waals surface area contributed by atoms with Crippen molar-refractivity contribution in [2.75, 3.05) is 26.7 Å². The summed E-state index contributed by atoms with van der Waals surface area (Å²) in [6.45, 7) is 6.50. The summed E-state index contributed by atoms with van der Waals surface area (Å²) >= 11 is 0. The molecule has 1 fully saturated rings. The topological polar surface area (TPSA) is 84.9 Å². The van der Waals surface area contributed by atoms with Gasteiger partial charge in [0.05, 0.1) is 12.5 Å². The molecule has 2 amide bonds. The number of nitrogens with one attached hydrogen (secondary N) is 1. The van der Waals surface area contributed by atoms with Gasteiger partial charge >= 0.3 is 12.1 Å². The first-order valence-electron chi connectivity index (χ1n) is 9.56. The van der Waals surface area contributed by atoms with E-state index in [1.54, 1.807) is 25.7 Å². The summed E-state index contributed by atoms with van der Waals surface area (Å²) in [4.78, 5) is 38.4. The Kier molecular flexibility index (Phi) is 7.05. The second-order valence-electron chi connectivity index (χ2n) is 8.00. The van der Waals surface area contributed by atoms with Crippen LogP contribution in [0.15, 0.2) is 30.3 Å². The average molecular weight is 390 g/mol. The molecule has 0 spiro atoms. The molecule has 1 aromatic rings. The number of hydrogen-bond donors (Lipinski definition) is 1. The van der Waals surface area contributed by atoms with E-state index in [2.05, 4.69) is 5.32 Å². The minimum absolute atomic E-state index is 0.0532. The van der Waals surface area contributed by atoms with Crippen LogP contribution in [0.2, 0.25) is 0 Å². The van der Waals surface area contributed by atoms with Crippen LogP contribution < -0.4 is 5.32 Å². The van der Waals surface area contributed by atoms with E-state index in [4.69, 9.17) is 9.47 Å². The summed E-state index contributed by atoms with van der Waals surface area (Å²) in [5.74, 6) is -0.319. The lowest BCUT2D eigenvalue weighted by Crippen LogP contribution is -2.49. The number of carbonyl (C=O) groups is 3. The molecule has 28 heavy (non-hydrogen) atoms.